The lowest BCUT2D eigenvalue weighted by Crippen LogP contribution is -2.38. The Morgan fingerprint density at radius 3 is 2.61 bits per heavy atom. The minimum Gasteiger partial charge on any atom is -0.493 e. The summed E-state index contributed by atoms with van der Waals surface area (Å²) in [6, 6.07) is 6.07. The van der Waals surface area contributed by atoms with Crippen LogP contribution in [-0.2, 0) is 0 Å². The van der Waals surface area contributed by atoms with Gasteiger partial charge in [-0.2, -0.15) is 0 Å². The maximum atomic E-state index is 5.67. The number of nitrogens with zero attached hydrogens (tertiary/aromatic N) is 1. The van der Waals surface area contributed by atoms with Crippen LogP contribution < -0.4 is 20.5 Å². The van der Waals surface area contributed by atoms with Crippen molar-refractivity contribution in [2.45, 2.75) is 12.5 Å². The molecular formula is C12H18ClN3O2. The Kier molecular flexibility index (Phi) is 5.09. The number of guanidine groups is 1. The van der Waals surface area contributed by atoms with Crippen LogP contribution in [-0.4, -0.2) is 26.7 Å². The van der Waals surface area contributed by atoms with E-state index in [0.717, 1.165) is 30.0 Å². The second-order valence-electron chi connectivity index (χ2n) is 3.87. The van der Waals surface area contributed by atoms with Crippen LogP contribution in [0, 0.1) is 0 Å². The predicted molar refractivity (Wildman–Crippen MR) is 73.8 cm³/mol. The first-order valence-corrected chi connectivity index (χ1v) is 5.53. The van der Waals surface area contributed by atoms with Crippen molar-refractivity contribution in [2.24, 2.45) is 10.7 Å². The van der Waals surface area contributed by atoms with E-state index in [1.807, 2.05) is 18.2 Å². The van der Waals surface area contributed by atoms with Gasteiger partial charge in [0.25, 0.3) is 0 Å². The van der Waals surface area contributed by atoms with Crippen LogP contribution in [0.25, 0.3) is 0 Å². The highest BCUT2D eigenvalue weighted by molar-refractivity contribution is 5.85. The molecule has 1 aromatic carbocycles. The highest BCUT2D eigenvalue weighted by atomic mass is 35.5. The van der Waals surface area contributed by atoms with E-state index in [9.17, 15) is 0 Å². The summed E-state index contributed by atoms with van der Waals surface area (Å²) in [5, 5.41) is 3.15. The van der Waals surface area contributed by atoms with Gasteiger partial charge in [-0.25, -0.2) is 0 Å². The van der Waals surface area contributed by atoms with Gasteiger partial charge in [-0.05, 0) is 24.1 Å². The Morgan fingerprint density at radius 2 is 2.00 bits per heavy atom. The smallest absolute Gasteiger partial charge is 0.189 e. The molecule has 6 heteroatoms. The lowest BCUT2D eigenvalue weighted by molar-refractivity contribution is 0.354. The lowest BCUT2D eigenvalue weighted by Gasteiger charge is -2.23. The molecule has 0 spiro atoms. The Labute approximate surface area is 113 Å². The van der Waals surface area contributed by atoms with Crippen molar-refractivity contribution in [3.63, 3.8) is 0 Å². The molecule has 0 fully saturated rings. The second-order valence-corrected chi connectivity index (χ2v) is 3.87. The van der Waals surface area contributed by atoms with Crippen LogP contribution in [0.4, 0.5) is 0 Å². The van der Waals surface area contributed by atoms with Gasteiger partial charge in [0.1, 0.15) is 0 Å². The van der Waals surface area contributed by atoms with E-state index in [4.69, 9.17) is 15.2 Å². The number of hydrogen-bond donors (Lipinski definition) is 2. The van der Waals surface area contributed by atoms with Crippen LogP contribution in [0.15, 0.2) is 23.2 Å². The molecule has 18 heavy (non-hydrogen) atoms. The summed E-state index contributed by atoms with van der Waals surface area (Å²) >= 11 is 0. The molecule has 0 radical (unpaired) electrons. The van der Waals surface area contributed by atoms with E-state index in [2.05, 4.69) is 10.3 Å². The fraction of sp³-hybridized carbons (Fsp3) is 0.417. The van der Waals surface area contributed by atoms with Crippen molar-refractivity contribution in [1.82, 2.24) is 5.32 Å². The summed E-state index contributed by atoms with van der Waals surface area (Å²) in [5.74, 6) is 1.96. The summed E-state index contributed by atoms with van der Waals surface area (Å²) < 4.78 is 10.5. The van der Waals surface area contributed by atoms with Crippen molar-refractivity contribution in [3.05, 3.63) is 23.8 Å². The van der Waals surface area contributed by atoms with Crippen LogP contribution >= 0.6 is 12.4 Å². The zero-order valence-corrected chi connectivity index (χ0v) is 11.3. The van der Waals surface area contributed by atoms with Gasteiger partial charge in [0.2, 0.25) is 0 Å². The SMILES string of the molecule is COc1ccc(C2CCN=C(N)N2)cc1OC.Cl. The Bertz CT molecular complexity index is 437. The maximum absolute atomic E-state index is 5.67. The number of aliphatic imine (C=N–C) groups is 1. The Balaban J connectivity index is 0.00000162. The summed E-state index contributed by atoms with van der Waals surface area (Å²) in [7, 11) is 3.26. The normalized spacial score (nSPS) is 18.1. The molecule has 100 valence electrons. The van der Waals surface area contributed by atoms with E-state index in [0.29, 0.717) is 5.96 Å². The number of halogens is 1. The van der Waals surface area contributed by atoms with Gasteiger partial charge in [0.05, 0.1) is 20.3 Å². The molecule has 1 aromatic rings. The topological polar surface area (TPSA) is 68.9 Å². The van der Waals surface area contributed by atoms with Gasteiger partial charge in [0.15, 0.2) is 17.5 Å². The van der Waals surface area contributed by atoms with E-state index >= 15 is 0 Å². The van der Waals surface area contributed by atoms with Gasteiger partial charge in [-0.1, -0.05) is 6.07 Å². The molecule has 0 saturated heterocycles. The minimum absolute atomic E-state index is 0. The molecule has 0 bridgehead atoms. The zero-order chi connectivity index (χ0) is 12.3. The molecular weight excluding hydrogens is 254 g/mol. The average Bonchev–Trinajstić information content (AvgIpc) is 2.38. The maximum Gasteiger partial charge on any atom is 0.189 e. The molecule has 0 amide bonds. The number of methoxy groups -OCH3 is 2. The molecule has 3 N–H and O–H groups in total. The summed E-state index contributed by atoms with van der Waals surface area (Å²) in [6.07, 6.45) is 0.927. The van der Waals surface area contributed by atoms with Crippen molar-refractivity contribution >= 4 is 18.4 Å². The van der Waals surface area contributed by atoms with Gasteiger partial charge in [-0.15, -0.1) is 12.4 Å². The molecule has 1 heterocycles. The van der Waals surface area contributed by atoms with Gasteiger partial charge in [-0.3, -0.25) is 4.99 Å². The van der Waals surface area contributed by atoms with Crippen molar-refractivity contribution < 1.29 is 9.47 Å². The van der Waals surface area contributed by atoms with E-state index in [1.165, 1.54) is 0 Å². The number of hydrogen-bond acceptors (Lipinski definition) is 5. The second kappa shape index (κ2) is 6.35. The van der Waals surface area contributed by atoms with Crippen LogP contribution in [0.2, 0.25) is 0 Å². The lowest BCUT2D eigenvalue weighted by atomic mass is 10.0. The molecule has 1 aliphatic rings. The largest absolute Gasteiger partial charge is 0.493 e. The number of benzene rings is 1. The van der Waals surface area contributed by atoms with Gasteiger partial charge in [0, 0.05) is 6.54 Å². The van der Waals surface area contributed by atoms with Crippen LogP contribution in [0.5, 0.6) is 11.5 Å². The van der Waals surface area contributed by atoms with E-state index in [-0.39, 0.29) is 18.4 Å². The molecule has 1 aliphatic heterocycles. The van der Waals surface area contributed by atoms with E-state index in [1.54, 1.807) is 14.2 Å². The quantitative estimate of drug-likeness (QED) is 0.874. The summed E-state index contributed by atoms with van der Waals surface area (Å²) in [6.45, 7) is 0.748. The van der Waals surface area contributed by atoms with E-state index < -0.39 is 0 Å². The van der Waals surface area contributed by atoms with Crippen molar-refractivity contribution in [3.8, 4) is 11.5 Å². The summed E-state index contributed by atoms with van der Waals surface area (Å²) in [5.41, 5.74) is 6.80. The third-order valence-corrected chi connectivity index (χ3v) is 2.83. The fourth-order valence-corrected chi connectivity index (χ4v) is 1.93. The number of nitrogens with two attached hydrogens (primary N) is 1. The number of ether oxygens (including phenoxy) is 2. The first-order valence-electron chi connectivity index (χ1n) is 5.53. The zero-order valence-electron chi connectivity index (χ0n) is 10.5. The molecule has 1 atom stereocenters. The monoisotopic (exact) mass is 271 g/mol. The molecule has 0 aliphatic carbocycles. The Hall–Kier alpha value is -1.62. The third-order valence-electron chi connectivity index (χ3n) is 2.83. The molecule has 0 aromatic heterocycles. The minimum atomic E-state index is 0. The van der Waals surface area contributed by atoms with Crippen molar-refractivity contribution in [1.29, 1.82) is 0 Å². The highest BCUT2D eigenvalue weighted by Crippen LogP contribution is 2.31. The molecule has 2 rings (SSSR count). The average molecular weight is 272 g/mol. The van der Waals surface area contributed by atoms with Crippen molar-refractivity contribution in [2.75, 3.05) is 20.8 Å². The fourth-order valence-electron chi connectivity index (χ4n) is 1.93. The molecule has 1 unspecified atom stereocenters. The molecule has 5 nitrogen and oxygen atoms in total. The first kappa shape index (κ1) is 14.4. The standard InChI is InChI=1S/C12H17N3O2.ClH/c1-16-10-4-3-8(7-11(10)17-2)9-5-6-14-12(13)15-9;/h3-4,7,9H,5-6H2,1-2H3,(H3,13,14,15);1H. The van der Waals surface area contributed by atoms with Crippen LogP contribution in [0.3, 0.4) is 0 Å². The Morgan fingerprint density at radius 1 is 1.28 bits per heavy atom. The van der Waals surface area contributed by atoms with Gasteiger partial charge >= 0.3 is 0 Å². The number of rotatable bonds is 3. The molecule has 0 saturated carbocycles. The third kappa shape index (κ3) is 2.98. The highest BCUT2D eigenvalue weighted by Gasteiger charge is 2.17. The predicted octanol–water partition coefficient (Wildman–Crippen LogP) is 1.47. The number of nitrogens with one attached hydrogen (secondary N) is 1. The van der Waals surface area contributed by atoms with Crippen LogP contribution in [0.1, 0.15) is 18.0 Å². The summed E-state index contributed by atoms with van der Waals surface area (Å²) in [4.78, 5) is 4.11. The first-order chi connectivity index (χ1) is 8.24. The van der Waals surface area contributed by atoms with Gasteiger partial charge < -0.3 is 20.5 Å².